The van der Waals surface area contributed by atoms with Gasteiger partial charge in [0.05, 0.1) is 12.7 Å². The Morgan fingerprint density at radius 2 is 2.43 bits per heavy atom. The molecular formula is C11H13NO2. The van der Waals surface area contributed by atoms with Crippen molar-refractivity contribution in [1.82, 2.24) is 4.98 Å². The van der Waals surface area contributed by atoms with Gasteiger partial charge in [-0.05, 0) is 24.1 Å². The van der Waals surface area contributed by atoms with Crippen molar-refractivity contribution in [3.8, 4) is 0 Å². The minimum absolute atomic E-state index is 0.0563. The minimum atomic E-state index is -0.0563. The third-order valence-corrected chi connectivity index (χ3v) is 2.52. The topological polar surface area (TPSA) is 39.2 Å². The third-order valence-electron chi connectivity index (χ3n) is 2.52. The molecule has 1 aliphatic rings. The average Bonchev–Trinajstić information content (AvgIpc) is 2.18. The normalized spacial score (nSPS) is 22.4. The third kappa shape index (κ3) is 1.82. The van der Waals surface area contributed by atoms with Gasteiger partial charge in [-0.2, -0.15) is 0 Å². The Balaban J connectivity index is 2.22. The van der Waals surface area contributed by atoms with Crippen LogP contribution in [0.3, 0.4) is 0 Å². The number of ether oxygens (including phenoxy) is 1. The molecule has 3 nitrogen and oxygen atoms in total. The molecule has 1 atom stereocenters. The van der Waals surface area contributed by atoms with E-state index in [1.54, 1.807) is 12.4 Å². The van der Waals surface area contributed by atoms with Gasteiger partial charge in [-0.15, -0.1) is 0 Å². The molecule has 1 unspecified atom stereocenters. The molecule has 0 amide bonds. The molecule has 1 aromatic rings. The summed E-state index contributed by atoms with van der Waals surface area (Å²) in [5, 5.41) is 0. The lowest BCUT2D eigenvalue weighted by Crippen LogP contribution is -2.20. The summed E-state index contributed by atoms with van der Waals surface area (Å²) in [6.45, 7) is 2.54. The van der Waals surface area contributed by atoms with Crippen LogP contribution in [0.2, 0.25) is 0 Å². The average molecular weight is 191 g/mol. The van der Waals surface area contributed by atoms with Crippen molar-refractivity contribution < 1.29 is 9.53 Å². The van der Waals surface area contributed by atoms with E-state index < -0.39 is 0 Å². The molecule has 0 N–H and O–H groups in total. The summed E-state index contributed by atoms with van der Waals surface area (Å²) in [5.74, 6) is 0.289. The molecule has 14 heavy (non-hydrogen) atoms. The fourth-order valence-corrected chi connectivity index (χ4v) is 1.73. The molecular weight excluding hydrogens is 178 g/mol. The molecule has 2 heterocycles. The van der Waals surface area contributed by atoms with E-state index in [2.05, 4.69) is 4.98 Å². The van der Waals surface area contributed by atoms with Crippen LogP contribution in [0.1, 0.15) is 30.1 Å². The summed E-state index contributed by atoms with van der Waals surface area (Å²) in [6.07, 6.45) is 4.55. The number of nitrogens with zero attached hydrogens (tertiary/aromatic N) is 1. The Morgan fingerprint density at radius 3 is 3.14 bits per heavy atom. The van der Waals surface area contributed by atoms with Crippen molar-refractivity contribution >= 4 is 5.78 Å². The second kappa shape index (κ2) is 3.88. The van der Waals surface area contributed by atoms with Crippen LogP contribution in [-0.2, 0) is 9.53 Å². The van der Waals surface area contributed by atoms with Gasteiger partial charge in [0.15, 0.2) is 0 Å². The van der Waals surface area contributed by atoms with E-state index in [-0.39, 0.29) is 11.9 Å². The first-order valence-electron chi connectivity index (χ1n) is 4.81. The number of hydrogen-bond donors (Lipinski definition) is 0. The minimum Gasteiger partial charge on any atom is -0.373 e. The zero-order valence-electron chi connectivity index (χ0n) is 8.19. The predicted octanol–water partition coefficient (Wildman–Crippen LogP) is 1.81. The highest BCUT2D eigenvalue weighted by Crippen LogP contribution is 2.27. The summed E-state index contributed by atoms with van der Waals surface area (Å²) < 4.78 is 5.57. The molecule has 1 saturated heterocycles. The molecule has 0 aromatic carbocycles. The maximum absolute atomic E-state index is 11.3. The summed E-state index contributed by atoms with van der Waals surface area (Å²) in [6, 6.07) is 1.93. The Labute approximate surface area is 83.1 Å². The number of ketones is 1. The summed E-state index contributed by atoms with van der Waals surface area (Å²) >= 11 is 0. The first-order chi connectivity index (χ1) is 6.77. The van der Waals surface area contributed by atoms with Gasteiger partial charge in [-0.3, -0.25) is 9.78 Å². The molecule has 3 heteroatoms. The van der Waals surface area contributed by atoms with E-state index in [1.807, 2.05) is 13.0 Å². The molecule has 1 aliphatic heterocycles. The predicted molar refractivity (Wildman–Crippen MR) is 51.9 cm³/mol. The highest BCUT2D eigenvalue weighted by molar-refractivity contribution is 5.79. The number of carbonyl (C=O) groups is 1. The molecule has 0 saturated carbocycles. The first-order valence-corrected chi connectivity index (χ1v) is 4.81. The molecule has 0 radical (unpaired) electrons. The fourth-order valence-electron chi connectivity index (χ4n) is 1.73. The number of aryl methyl sites for hydroxylation is 1. The van der Waals surface area contributed by atoms with Gasteiger partial charge < -0.3 is 4.74 Å². The van der Waals surface area contributed by atoms with Crippen LogP contribution in [0.4, 0.5) is 0 Å². The molecule has 74 valence electrons. The molecule has 0 bridgehead atoms. The molecule has 1 fully saturated rings. The highest BCUT2D eigenvalue weighted by atomic mass is 16.5. The van der Waals surface area contributed by atoms with Crippen LogP contribution in [0, 0.1) is 6.92 Å². The summed E-state index contributed by atoms with van der Waals surface area (Å²) in [4.78, 5) is 15.3. The van der Waals surface area contributed by atoms with Crippen LogP contribution >= 0.6 is 0 Å². The highest BCUT2D eigenvalue weighted by Gasteiger charge is 2.22. The van der Waals surface area contributed by atoms with Crippen molar-refractivity contribution in [2.75, 3.05) is 6.61 Å². The van der Waals surface area contributed by atoms with E-state index in [9.17, 15) is 4.79 Å². The van der Waals surface area contributed by atoms with Crippen molar-refractivity contribution in [1.29, 1.82) is 0 Å². The van der Waals surface area contributed by atoms with Gasteiger partial charge in [0.2, 0.25) is 0 Å². The molecule has 2 rings (SSSR count). The van der Waals surface area contributed by atoms with Gasteiger partial charge in [0, 0.05) is 25.2 Å². The van der Waals surface area contributed by atoms with Crippen molar-refractivity contribution in [3.63, 3.8) is 0 Å². The van der Waals surface area contributed by atoms with E-state index in [1.165, 1.54) is 0 Å². The smallest absolute Gasteiger partial charge is 0.138 e. The monoisotopic (exact) mass is 191 g/mol. The van der Waals surface area contributed by atoms with Crippen molar-refractivity contribution in [3.05, 3.63) is 29.6 Å². The van der Waals surface area contributed by atoms with Gasteiger partial charge >= 0.3 is 0 Å². The van der Waals surface area contributed by atoms with Crippen LogP contribution in [0.5, 0.6) is 0 Å². The van der Waals surface area contributed by atoms with Crippen LogP contribution in [-0.4, -0.2) is 17.4 Å². The van der Waals surface area contributed by atoms with E-state index >= 15 is 0 Å². The second-order valence-electron chi connectivity index (χ2n) is 3.58. The van der Waals surface area contributed by atoms with E-state index in [0.29, 0.717) is 19.4 Å². The molecule has 1 aromatic heterocycles. The number of rotatable bonds is 1. The number of aromatic nitrogens is 1. The van der Waals surface area contributed by atoms with Crippen LogP contribution < -0.4 is 0 Å². The van der Waals surface area contributed by atoms with Gasteiger partial charge in [-0.1, -0.05) is 0 Å². The zero-order valence-corrected chi connectivity index (χ0v) is 8.19. The number of Topliss-reactive ketones (excluding diaryl/α,β-unsaturated/α-hetero) is 1. The Kier molecular flexibility index (Phi) is 2.59. The number of hydrogen-bond acceptors (Lipinski definition) is 3. The van der Waals surface area contributed by atoms with Gasteiger partial charge in [0.1, 0.15) is 5.78 Å². The largest absolute Gasteiger partial charge is 0.373 e. The maximum atomic E-state index is 11.3. The second-order valence-corrected chi connectivity index (χ2v) is 3.58. The van der Waals surface area contributed by atoms with Crippen LogP contribution in [0.15, 0.2) is 18.5 Å². The van der Waals surface area contributed by atoms with Gasteiger partial charge in [0.25, 0.3) is 0 Å². The summed E-state index contributed by atoms with van der Waals surface area (Å²) in [5.41, 5.74) is 2.18. The quantitative estimate of drug-likeness (QED) is 0.679. The fraction of sp³-hybridized carbons (Fsp3) is 0.455. The zero-order chi connectivity index (χ0) is 9.97. The lowest BCUT2D eigenvalue weighted by Gasteiger charge is -2.23. The Morgan fingerprint density at radius 1 is 1.57 bits per heavy atom. The van der Waals surface area contributed by atoms with E-state index in [4.69, 9.17) is 4.74 Å². The lowest BCUT2D eigenvalue weighted by molar-refractivity contribution is -0.128. The standard InChI is InChI=1S/C11H13NO2/c1-8-7-12-4-2-10(8)11-6-9(13)3-5-14-11/h2,4,7,11H,3,5-6H2,1H3. The lowest BCUT2D eigenvalue weighted by atomic mass is 9.98. The Hall–Kier alpha value is -1.22. The SMILES string of the molecule is Cc1cnccc1C1CC(=O)CCO1. The maximum Gasteiger partial charge on any atom is 0.138 e. The number of carbonyl (C=O) groups excluding carboxylic acids is 1. The van der Waals surface area contributed by atoms with Gasteiger partial charge in [-0.25, -0.2) is 0 Å². The number of pyridine rings is 1. The van der Waals surface area contributed by atoms with E-state index in [0.717, 1.165) is 11.1 Å². The van der Waals surface area contributed by atoms with Crippen molar-refractivity contribution in [2.24, 2.45) is 0 Å². The first kappa shape index (κ1) is 9.34. The van der Waals surface area contributed by atoms with Crippen molar-refractivity contribution in [2.45, 2.75) is 25.9 Å². The molecule has 0 spiro atoms. The molecule has 0 aliphatic carbocycles. The Bertz CT molecular complexity index is 349. The summed E-state index contributed by atoms with van der Waals surface area (Å²) in [7, 11) is 0. The van der Waals surface area contributed by atoms with Crippen LogP contribution in [0.25, 0.3) is 0 Å².